The maximum atomic E-state index is 13.0. The van der Waals surface area contributed by atoms with Crippen LogP contribution in [0.1, 0.15) is 67.9 Å². The fourth-order valence-corrected chi connectivity index (χ4v) is 5.27. The molecule has 0 aliphatic carbocycles. The number of rotatable bonds is 5. The monoisotopic (exact) mass is 487 g/mol. The summed E-state index contributed by atoms with van der Waals surface area (Å²) in [5, 5.41) is 12.9. The zero-order chi connectivity index (χ0) is 26.2. The Morgan fingerprint density at radius 2 is 2.06 bits per heavy atom. The van der Waals surface area contributed by atoms with Gasteiger partial charge in [0.05, 0.1) is 30.3 Å². The van der Waals surface area contributed by atoms with Crippen molar-refractivity contribution >= 4 is 28.5 Å². The highest BCUT2D eigenvalue weighted by molar-refractivity contribution is 6.07. The maximum absolute atomic E-state index is 13.0. The number of carbonyl (C=O) groups excluding carboxylic acids is 2. The van der Waals surface area contributed by atoms with E-state index in [4.69, 9.17) is 10.00 Å². The molecule has 4 rings (SSSR count). The van der Waals surface area contributed by atoms with E-state index in [9.17, 15) is 9.59 Å². The normalized spacial score (nSPS) is 17.2. The number of ether oxygens (including phenoxy) is 1. The van der Waals surface area contributed by atoms with E-state index in [0.717, 1.165) is 29.4 Å². The molecule has 1 fully saturated rings. The van der Waals surface area contributed by atoms with Gasteiger partial charge in [-0.3, -0.25) is 9.59 Å². The molecule has 8 heteroatoms. The molecule has 1 saturated heterocycles. The molecule has 1 atom stereocenters. The number of fused-ring (bicyclic) bond motifs is 1. The molecule has 0 unspecified atom stereocenters. The maximum Gasteiger partial charge on any atom is 0.255 e. The second kappa shape index (κ2) is 9.65. The number of pyridine rings is 1. The predicted octanol–water partition coefficient (Wildman–Crippen LogP) is 4.85. The van der Waals surface area contributed by atoms with Gasteiger partial charge in [-0.25, -0.2) is 4.98 Å². The average molecular weight is 488 g/mol. The van der Waals surface area contributed by atoms with Crippen molar-refractivity contribution in [1.82, 2.24) is 14.5 Å². The molecule has 0 saturated carbocycles. The first-order chi connectivity index (χ1) is 17.1. The minimum Gasteiger partial charge on any atom is -0.494 e. The zero-order valence-electron chi connectivity index (χ0n) is 21.8. The van der Waals surface area contributed by atoms with Crippen molar-refractivity contribution in [2.75, 3.05) is 19.0 Å². The third-order valence-corrected chi connectivity index (χ3v) is 7.05. The van der Waals surface area contributed by atoms with Crippen molar-refractivity contribution < 1.29 is 14.3 Å². The first-order valence-corrected chi connectivity index (χ1v) is 12.2. The van der Waals surface area contributed by atoms with E-state index in [-0.39, 0.29) is 29.2 Å². The molecule has 1 N–H and O–H groups in total. The second-order valence-electron chi connectivity index (χ2n) is 10.4. The molecule has 3 heterocycles. The summed E-state index contributed by atoms with van der Waals surface area (Å²) in [6, 6.07) is 8.61. The van der Waals surface area contributed by atoms with Gasteiger partial charge in [0, 0.05) is 36.8 Å². The lowest BCUT2D eigenvalue weighted by molar-refractivity contribution is -0.142. The number of amides is 2. The number of piperidine rings is 1. The van der Waals surface area contributed by atoms with E-state index in [1.165, 1.54) is 0 Å². The zero-order valence-corrected chi connectivity index (χ0v) is 21.8. The van der Waals surface area contributed by atoms with Crippen LogP contribution < -0.4 is 10.1 Å². The standard InChI is InChI=1S/C28H33N5O3/c1-17(2)27(35)33-11-10-20(13-28(33,3)4)21-16-32(5)25-23(21)24(36-6)22(15-30-25)31-26(34)19-9-7-8-18(12-19)14-29/h7-9,12,15-17,20H,10-11,13H2,1-6H3,(H,31,34)/t20-/m1/s1. The molecule has 36 heavy (non-hydrogen) atoms. The Bertz CT molecular complexity index is 1370. The molecule has 8 nitrogen and oxygen atoms in total. The van der Waals surface area contributed by atoms with Crippen molar-refractivity contribution in [2.45, 2.75) is 52.0 Å². The van der Waals surface area contributed by atoms with Gasteiger partial charge in [0.15, 0.2) is 5.75 Å². The number of hydrogen-bond acceptors (Lipinski definition) is 5. The largest absolute Gasteiger partial charge is 0.494 e. The van der Waals surface area contributed by atoms with Crippen LogP contribution >= 0.6 is 0 Å². The molecule has 2 aromatic heterocycles. The summed E-state index contributed by atoms with van der Waals surface area (Å²) in [6.07, 6.45) is 5.33. The van der Waals surface area contributed by atoms with Crippen molar-refractivity contribution in [3.63, 3.8) is 0 Å². The average Bonchev–Trinajstić information content (AvgIpc) is 3.19. The summed E-state index contributed by atoms with van der Waals surface area (Å²) in [4.78, 5) is 32.4. The Morgan fingerprint density at radius 1 is 1.31 bits per heavy atom. The third-order valence-electron chi connectivity index (χ3n) is 7.05. The van der Waals surface area contributed by atoms with Crippen LogP contribution in [0.15, 0.2) is 36.7 Å². The number of carbonyl (C=O) groups is 2. The minimum atomic E-state index is -0.342. The summed E-state index contributed by atoms with van der Waals surface area (Å²) in [7, 11) is 3.54. The predicted molar refractivity (Wildman–Crippen MR) is 139 cm³/mol. The van der Waals surface area contributed by atoms with Gasteiger partial charge in [-0.15, -0.1) is 0 Å². The number of anilines is 1. The Balaban J connectivity index is 1.71. The molecular weight excluding hydrogens is 454 g/mol. The van der Waals surface area contributed by atoms with Crippen molar-refractivity contribution in [3.8, 4) is 11.8 Å². The summed E-state index contributed by atoms with van der Waals surface area (Å²) >= 11 is 0. The van der Waals surface area contributed by atoms with Crippen molar-refractivity contribution in [1.29, 1.82) is 5.26 Å². The molecule has 1 aliphatic heterocycles. The van der Waals surface area contributed by atoms with Crippen LogP contribution in [0.25, 0.3) is 11.0 Å². The topological polar surface area (TPSA) is 100 Å². The number of likely N-dealkylation sites (tertiary alicyclic amines) is 1. The van der Waals surface area contributed by atoms with E-state index in [0.29, 0.717) is 29.1 Å². The van der Waals surface area contributed by atoms with E-state index < -0.39 is 0 Å². The van der Waals surface area contributed by atoms with Crippen LogP contribution in [-0.2, 0) is 11.8 Å². The number of aryl methyl sites for hydroxylation is 1. The second-order valence-corrected chi connectivity index (χ2v) is 10.4. The van der Waals surface area contributed by atoms with Crippen LogP contribution in [0.5, 0.6) is 5.75 Å². The summed E-state index contributed by atoms with van der Waals surface area (Å²) in [5.74, 6) is 0.558. The Labute approximate surface area is 211 Å². The van der Waals surface area contributed by atoms with Crippen LogP contribution in [0, 0.1) is 17.2 Å². The number of benzene rings is 1. The number of nitrogens with zero attached hydrogens (tertiary/aromatic N) is 4. The van der Waals surface area contributed by atoms with Crippen LogP contribution in [0.2, 0.25) is 0 Å². The van der Waals surface area contributed by atoms with E-state index in [1.807, 2.05) is 30.4 Å². The van der Waals surface area contributed by atoms with Gasteiger partial charge in [-0.1, -0.05) is 19.9 Å². The van der Waals surface area contributed by atoms with Gasteiger partial charge in [-0.2, -0.15) is 5.26 Å². The lowest BCUT2D eigenvalue weighted by Gasteiger charge is -2.46. The first kappa shape index (κ1) is 25.2. The Kier molecular flexibility index (Phi) is 6.77. The van der Waals surface area contributed by atoms with Gasteiger partial charge in [0.25, 0.3) is 5.91 Å². The molecule has 1 aromatic carbocycles. The highest BCUT2D eigenvalue weighted by Crippen LogP contribution is 2.44. The van der Waals surface area contributed by atoms with E-state index in [2.05, 4.69) is 36.4 Å². The van der Waals surface area contributed by atoms with Crippen LogP contribution in [0.4, 0.5) is 5.69 Å². The summed E-state index contributed by atoms with van der Waals surface area (Å²) < 4.78 is 7.82. The Morgan fingerprint density at radius 3 is 2.69 bits per heavy atom. The van der Waals surface area contributed by atoms with Gasteiger partial charge in [0.2, 0.25) is 5.91 Å². The van der Waals surface area contributed by atoms with Crippen molar-refractivity contribution in [3.05, 3.63) is 53.3 Å². The lowest BCUT2D eigenvalue weighted by atomic mass is 9.78. The summed E-state index contributed by atoms with van der Waals surface area (Å²) in [5.41, 5.74) is 2.85. The van der Waals surface area contributed by atoms with Gasteiger partial charge in [0.1, 0.15) is 11.3 Å². The molecule has 3 aromatic rings. The fraction of sp³-hybridized carbons (Fsp3) is 0.429. The Hall–Kier alpha value is -3.86. The fourth-order valence-electron chi connectivity index (χ4n) is 5.27. The molecule has 1 aliphatic rings. The molecule has 2 amide bonds. The number of aromatic nitrogens is 2. The number of nitrogens with one attached hydrogen (secondary N) is 1. The highest BCUT2D eigenvalue weighted by Gasteiger charge is 2.40. The van der Waals surface area contributed by atoms with Gasteiger partial charge in [-0.05, 0) is 56.4 Å². The van der Waals surface area contributed by atoms with Crippen LogP contribution in [0.3, 0.4) is 0 Å². The van der Waals surface area contributed by atoms with Crippen molar-refractivity contribution in [2.24, 2.45) is 13.0 Å². The minimum absolute atomic E-state index is 0.0392. The smallest absolute Gasteiger partial charge is 0.255 e. The molecule has 188 valence electrons. The lowest BCUT2D eigenvalue weighted by Crippen LogP contribution is -2.53. The summed E-state index contributed by atoms with van der Waals surface area (Å²) in [6.45, 7) is 8.82. The van der Waals surface area contributed by atoms with E-state index >= 15 is 0 Å². The van der Waals surface area contributed by atoms with Crippen LogP contribution in [-0.4, -0.2) is 45.5 Å². The number of methoxy groups -OCH3 is 1. The highest BCUT2D eigenvalue weighted by atomic mass is 16.5. The first-order valence-electron chi connectivity index (χ1n) is 12.2. The number of nitriles is 1. The van der Waals surface area contributed by atoms with Gasteiger partial charge < -0.3 is 19.5 Å². The SMILES string of the molecule is COc1c(NC(=O)c2cccc(C#N)c2)cnc2c1c([C@@H]1CCN(C(=O)C(C)C)C(C)(C)C1)cn2C. The molecule has 0 bridgehead atoms. The van der Waals surface area contributed by atoms with E-state index in [1.54, 1.807) is 37.6 Å². The number of hydrogen-bond donors (Lipinski definition) is 1. The third kappa shape index (κ3) is 4.53. The molecular formula is C28H33N5O3. The van der Waals surface area contributed by atoms with Gasteiger partial charge >= 0.3 is 0 Å². The molecule has 0 spiro atoms. The molecule has 0 radical (unpaired) electrons. The quantitative estimate of drug-likeness (QED) is 0.555.